The van der Waals surface area contributed by atoms with Crippen molar-refractivity contribution < 1.29 is 9.53 Å². The smallest absolute Gasteiger partial charge is 0.228 e. The summed E-state index contributed by atoms with van der Waals surface area (Å²) < 4.78 is 5.23. The standard InChI is InChI=1S/C21H27NO2/c1-24-17-12-10-11-16(15-17)22-21(23)20-18-13-8-6-4-2-3-5-7-9-14-19(18)20/h4-7,10-12,15,18-20H,2-3,8-9,13-14H2,1H3,(H,22,23)/b6-4-,7-5-/t18-,19-/m0/s1. The Morgan fingerprint density at radius 3 is 2.25 bits per heavy atom. The molecular weight excluding hydrogens is 298 g/mol. The average Bonchev–Trinajstić information content (AvgIpc) is 3.27. The first kappa shape index (κ1) is 16.8. The van der Waals surface area contributed by atoms with E-state index < -0.39 is 0 Å². The van der Waals surface area contributed by atoms with Gasteiger partial charge in [0.05, 0.1) is 7.11 Å². The van der Waals surface area contributed by atoms with Crippen LogP contribution in [0.25, 0.3) is 0 Å². The number of hydrogen-bond acceptors (Lipinski definition) is 2. The van der Waals surface area contributed by atoms with Gasteiger partial charge in [-0.25, -0.2) is 0 Å². The van der Waals surface area contributed by atoms with Crippen molar-refractivity contribution >= 4 is 11.6 Å². The van der Waals surface area contributed by atoms with Gasteiger partial charge in [0.15, 0.2) is 0 Å². The summed E-state index contributed by atoms with van der Waals surface area (Å²) in [7, 11) is 1.64. The van der Waals surface area contributed by atoms with E-state index in [-0.39, 0.29) is 11.8 Å². The van der Waals surface area contributed by atoms with Crippen molar-refractivity contribution in [2.75, 3.05) is 12.4 Å². The first-order valence-corrected chi connectivity index (χ1v) is 9.04. The second kappa shape index (κ2) is 8.18. The van der Waals surface area contributed by atoms with Gasteiger partial charge in [0.2, 0.25) is 5.91 Å². The monoisotopic (exact) mass is 325 g/mol. The predicted molar refractivity (Wildman–Crippen MR) is 98.1 cm³/mol. The van der Waals surface area contributed by atoms with Gasteiger partial charge >= 0.3 is 0 Å². The first-order valence-electron chi connectivity index (χ1n) is 9.04. The van der Waals surface area contributed by atoms with Gasteiger partial charge in [0.1, 0.15) is 5.75 Å². The Morgan fingerprint density at radius 1 is 1.00 bits per heavy atom. The molecule has 0 unspecified atom stereocenters. The number of fused-ring (bicyclic) bond motifs is 1. The lowest BCUT2D eigenvalue weighted by atomic mass is 10.1. The van der Waals surface area contributed by atoms with Crippen molar-refractivity contribution in [3.8, 4) is 5.75 Å². The number of methoxy groups -OCH3 is 1. The summed E-state index contributed by atoms with van der Waals surface area (Å²) in [5.74, 6) is 2.17. The second-order valence-corrected chi connectivity index (χ2v) is 6.75. The van der Waals surface area contributed by atoms with Crippen molar-refractivity contribution in [1.29, 1.82) is 0 Å². The third-order valence-corrected chi connectivity index (χ3v) is 5.14. The predicted octanol–water partition coefficient (Wildman–Crippen LogP) is 4.96. The fourth-order valence-corrected chi connectivity index (χ4v) is 3.79. The highest BCUT2D eigenvalue weighted by Crippen LogP contribution is 2.52. The summed E-state index contributed by atoms with van der Waals surface area (Å²) in [4.78, 5) is 12.7. The third-order valence-electron chi connectivity index (χ3n) is 5.14. The summed E-state index contributed by atoms with van der Waals surface area (Å²) >= 11 is 0. The van der Waals surface area contributed by atoms with Crippen LogP contribution in [0.3, 0.4) is 0 Å². The van der Waals surface area contributed by atoms with Crippen LogP contribution in [-0.4, -0.2) is 13.0 Å². The van der Waals surface area contributed by atoms with E-state index in [9.17, 15) is 4.79 Å². The quantitative estimate of drug-likeness (QED) is 0.797. The molecule has 1 fully saturated rings. The first-order chi connectivity index (χ1) is 11.8. The van der Waals surface area contributed by atoms with E-state index in [1.54, 1.807) is 7.11 Å². The lowest BCUT2D eigenvalue weighted by Gasteiger charge is -2.07. The van der Waals surface area contributed by atoms with Gasteiger partial charge in [-0.15, -0.1) is 0 Å². The van der Waals surface area contributed by atoms with Crippen molar-refractivity contribution in [3.63, 3.8) is 0 Å². The zero-order valence-corrected chi connectivity index (χ0v) is 14.4. The van der Waals surface area contributed by atoms with Gasteiger partial charge in [-0.2, -0.15) is 0 Å². The number of rotatable bonds is 3. The van der Waals surface area contributed by atoms with Gasteiger partial charge in [0.25, 0.3) is 0 Å². The van der Waals surface area contributed by atoms with Gasteiger partial charge < -0.3 is 10.1 Å². The zero-order valence-electron chi connectivity index (χ0n) is 14.4. The molecule has 2 aliphatic carbocycles. The van der Waals surface area contributed by atoms with Crippen LogP contribution in [0.1, 0.15) is 38.5 Å². The molecule has 1 N–H and O–H groups in total. The molecule has 0 heterocycles. The molecule has 0 saturated heterocycles. The van der Waals surface area contributed by atoms with Crippen LogP contribution in [0.2, 0.25) is 0 Å². The van der Waals surface area contributed by atoms with Crippen LogP contribution in [0.4, 0.5) is 5.69 Å². The maximum atomic E-state index is 12.7. The highest BCUT2D eigenvalue weighted by atomic mass is 16.5. The molecule has 2 atom stereocenters. The summed E-state index contributed by atoms with van der Waals surface area (Å²) in [6.45, 7) is 0. The minimum absolute atomic E-state index is 0.166. The molecule has 3 heteroatoms. The van der Waals surface area contributed by atoms with Crippen LogP contribution < -0.4 is 10.1 Å². The van der Waals surface area contributed by atoms with E-state index >= 15 is 0 Å². The number of anilines is 1. The molecular formula is C21H27NO2. The molecule has 0 aromatic heterocycles. The summed E-state index contributed by atoms with van der Waals surface area (Å²) in [5.41, 5.74) is 0.821. The normalized spacial score (nSPS) is 29.3. The molecule has 3 nitrogen and oxygen atoms in total. The third kappa shape index (κ3) is 4.28. The maximum Gasteiger partial charge on any atom is 0.228 e. The zero-order chi connectivity index (χ0) is 16.8. The van der Waals surface area contributed by atoms with E-state index in [2.05, 4.69) is 29.6 Å². The fourth-order valence-electron chi connectivity index (χ4n) is 3.79. The summed E-state index contributed by atoms with van der Waals surface area (Å²) in [5, 5.41) is 3.08. The lowest BCUT2D eigenvalue weighted by molar-refractivity contribution is -0.117. The van der Waals surface area contributed by atoms with Crippen LogP contribution in [-0.2, 0) is 4.79 Å². The second-order valence-electron chi connectivity index (χ2n) is 6.75. The summed E-state index contributed by atoms with van der Waals surface area (Å²) in [6.07, 6.45) is 15.8. The van der Waals surface area contributed by atoms with Crippen LogP contribution in [0.5, 0.6) is 5.75 Å². The topological polar surface area (TPSA) is 38.3 Å². The van der Waals surface area contributed by atoms with Gasteiger partial charge in [-0.3, -0.25) is 4.79 Å². The van der Waals surface area contributed by atoms with Gasteiger partial charge in [0, 0.05) is 17.7 Å². The SMILES string of the molecule is COc1cccc(NC(=O)C2[C@H]3CC/C=C\CC/C=C\CC[C@H]23)c1. The molecule has 1 aromatic rings. The Hall–Kier alpha value is -2.03. The Labute approximate surface area is 144 Å². The lowest BCUT2D eigenvalue weighted by Crippen LogP contribution is -2.15. The Bertz CT molecular complexity index is 596. The largest absolute Gasteiger partial charge is 0.497 e. The average molecular weight is 325 g/mol. The van der Waals surface area contributed by atoms with Crippen molar-refractivity contribution in [2.45, 2.75) is 38.5 Å². The van der Waals surface area contributed by atoms with E-state index in [1.165, 1.54) is 0 Å². The molecule has 128 valence electrons. The van der Waals surface area contributed by atoms with E-state index in [0.717, 1.165) is 50.0 Å². The van der Waals surface area contributed by atoms with Crippen molar-refractivity contribution in [3.05, 3.63) is 48.6 Å². The maximum absolute atomic E-state index is 12.7. The number of amides is 1. The Balaban J connectivity index is 1.61. The Morgan fingerprint density at radius 2 is 1.62 bits per heavy atom. The number of hydrogen-bond donors (Lipinski definition) is 1. The van der Waals surface area contributed by atoms with Crippen molar-refractivity contribution in [2.24, 2.45) is 17.8 Å². The van der Waals surface area contributed by atoms with E-state index in [0.29, 0.717) is 11.8 Å². The molecule has 1 aromatic carbocycles. The Kier molecular flexibility index (Phi) is 5.73. The molecule has 1 saturated carbocycles. The number of carbonyl (C=O) groups excluding carboxylic acids is 1. The van der Waals surface area contributed by atoms with E-state index in [1.807, 2.05) is 24.3 Å². The molecule has 1 amide bonds. The van der Waals surface area contributed by atoms with Crippen molar-refractivity contribution in [1.82, 2.24) is 0 Å². The number of carbonyl (C=O) groups is 1. The molecule has 0 aliphatic heterocycles. The molecule has 3 rings (SSSR count). The van der Waals surface area contributed by atoms with Gasteiger partial charge in [-0.05, 0) is 62.5 Å². The highest BCUT2D eigenvalue weighted by Gasteiger charge is 2.52. The van der Waals surface area contributed by atoms with Gasteiger partial charge in [-0.1, -0.05) is 30.4 Å². The number of allylic oxidation sites excluding steroid dienone is 4. The molecule has 24 heavy (non-hydrogen) atoms. The number of nitrogens with one attached hydrogen (secondary N) is 1. The minimum atomic E-state index is 0.166. The van der Waals surface area contributed by atoms with Crippen LogP contribution >= 0.6 is 0 Å². The molecule has 0 spiro atoms. The molecule has 0 radical (unpaired) electrons. The summed E-state index contributed by atoms with van der Waals surface area (Å²) in [6, 6.07) is 7.58. The fraction of sp³-hybridized carbons (Fsp3) is 0.476. The van der Waals surface area contributed by atoms with Crippen LogP contribution in [0.15, 0.2) is 48.6 Å². The molecule has 2 aliphatic rings. The van der Waals surface area contributed by atoms with E-state index in [4.69, 9.17) is 4.74 Å². The number of benzene rings is 1. The molecule has 0 bridgehead atoms. The number of ether oxygens (including phenoxy) is 1. The van der Waals surface area contributed by atoms with Crippen LogP contribution in [0, 0.1) is 17.8 Å². The minimum Gasteiger partial charge on any atom is -0.497 e. The highest BCUT2D eigenvalue weighted by molar-refractivity contribution is 5.95.